The molecular formula is C24H34O5. The van der Waals surface area contributed by atoms with Gasteiger partial charge < -0.3 is 14.6 Å². The van der Waals surface area contributed by atoms with Crippen molar-refractivity contribution in [3.63, 3.8) is 0 Å². The molecule has 1 aliphatic heterocycles. The van der Waals surface area contributed by atoms with Crippen molar-refractivity contribution in [2.24, 2.45) is 28.6 Å². The number of carbonyl (C=O) groups excluding carboxylic acids is 2. The van der Waals surface area contributed by atoms with E-state index in [1.54, 1.807) is 0 Å². The fourth-order valence-electron chi connectivity index (χ4n) is 8.16. The van der Waals surface area contributed by atoms with Crippen LogP contribution in [-0.2, 0) is 19.1 Å². The number of rotatable bonds is 0. The first kappa shape index (κ1) is 19.9. The normalized spacial score (nSPS) is 51.3. The molecule has 5 heteroatoms. The summed E-state index contributed by atoms with van der Waals surface area (Å²) in [6, 6.07) is 0. The summed E-state index contributed by atoms with van der Waals surface area (Å²) in [6.45, 7) is 8.31. The molecule has 7 atom stereocenters. The zero-order valence-corrected chi connectivity index (χ0v) is 18.1. The van der Waals surface area contributed by atoms with E-state index in [-0.39, 0.29) is 34.9 Å². The highest BCUT2D eigenvalue weighted by molar-refractivity contribution is 5.92. The van der Waals surface area contributed by atoms with E-state index in [0.717, 1.165) is 25.7 Å². The fourth-order valence-corrected chi connectivity index (χ4v) is 8.16. The molecule has 4 aliphatic carbocycles. The number of ketones is 2. The minimum atomic E-state index is -0.856. The van der Waals surface area contributed by atoms with Crippen LogP contribution in [0.1, 0.15) is 72.6 Å². The van der Waals surface area contributed by atoms with Crippen LogP contribution >= 0.6 is 0 Å². The Kier molecular flexibility index (Phi) is 4.13. The summed E-state index contributed by atoms with van der Waals surface area (Å²) < 4.78 is 12.1. The van der Waals surface area contributed by atoms with E-state index in [1.165, 1.54) is 5.57 Å². The number of aliphatic hydroxyl groups excluding tert-OH is 1. The van der Waals surface area contributed by atoms with Crippen LogP contribution in [0.25, 0.3) is 0 Å². The molecule has 5 aliphatic rings. The van der Waals surface area contributed by atoms with Gasteiger partial charge in [0.05, 0.1) is 6.10 Å². The molecular weight excluding hydrogens is 368 g/mol. The zero-order chi connectivity index (χ0) is 20.8. The third-order valence-corrected chi connectivity index (χ3v) is 9.44. The molecule has 0 unspecified atom stereocenters. The number of hydrogen-bond donors (Lipinski definition) is 1. The molecule has 1 spiro atoms. The van der Waals surface area contributed by atoms with Crippen molar-refractivity contribution < 1.29 is 24.2 Å². The number of ether oxygens (including phenoxy) is 2. The van der Waals surface area contributed by atoms with Crippen molar-refractivity contribution in [2.45, 2.75) is 90.1 Å². The second kappa shape index (κ2) is 6.02. The Hall–Kier alpha value is -1.04. The van der Waals surface area contributed by atoms with E-state index < -0.39 is 17.5 Å². The number of Topliss-reactive ketones (excluding diaryl/α,β-unsaturated/α-hetero) is 1. The van der Waals surface area contributed by atoms with Gasteiger partial charge in [0.15, 0.2) is 17.4 Å². The third-order valence-electron chi connectivity index (χ3n) is 9.44. The Morgan fingerprint density at radius 2 is 1.83 bits per heavy atom. The topological polar surface area (TPSA) is 72.8 Å². The molecule has 0 bridgehead atoms. The molecule has 3 saturated carbocycles. The zero-order valence-electron chi connectivity index (χ0n) is 18.1. The highest BCUT2D eigenvalue weighted by Gasteiger charge is 2.71. The fraction of sp³-hybridized carbons (Fsp3) is 0.833. The lowest BCUT2D eigenvalue weighted by Gasteiger charge is -2.62. The molecule has 1 saturated heterocycles. The smallest absolute Gasteiger partial charge is 0.190 e. The lowest BCUT2D eigenvalue weighted by Crippen LogP contribution is -2.66. The van der Waals surface area contributed by atoms with Gasteiger partial charge in [0, 0.05) is 11.8 Å². The maximum Gasteiger partial charge on any atom is 0.190 e. The quantitative estimate of drug-likeness (QED) is 0.670. The number of allylic oxidation sites excluding steroid dienone is 1. The van der Waals surface area contributed by atoms with Crippen molar-refractivity contribution >= 4 is 11.6 Å². The lowest BCUT2D eigenvalue weighted by molar-refractivity contribution is -0.316. The van der Waals surface area contributed by atoms with E-state index in [2.05, 4.69) is 13.8 Å². The monoisotopic (exact) mass is 402 g/mol. The minimum Gasteiger partial charge on any atom is -0.393 e. The lowest BCUT2D eigenvalue weighted by atomic mass is 9.45. The van der Waals surface area contributed by atoms with Crippen molar-refractivity contribution in [2.75, 3.05) is 6.61 Å². The summed E-state index contributed by atoms with van der Waals surface area (Å²) in [5, 5.41) is 11.5. The Balaban J connectivity index is 1.55. The second-order valence-corrected chi connectivity index (χ2v) is 11.2. The maximum absolute atomic E-state index is 13.2. The van der Waals surface area contributed by atoms with Gasteiger partial charge in [-0.1, -0.05) is 19.4 Å². The average molecular weight is 403 g/mol. The molecule has 1 heterocycles. The van der Waals surface area contributed by atoms with E-state index in [0.29, 0.717) is 31.1 Å². The largest absolute Gasteiger partial charge is 0.393 e. The van der Waals surface area contributed by atoms with Crippen LogP contribution in [0, 0.1) is 28.6 Å². The number of hydrogen-bond acceptors (Lipinski definition) is 5. The minimum absolute atomic E-state index is 0.0401. The van der Waals surface area contributed by atoms with Gasteiger partial charge in [-0.2, -0.15) is 0 Å². The summed E-state index contributed by atoms with van der Waals surface area (Å²) in [7, 11) is 0. The van der Waals surface area contributed by atoms with Gasteiger partial charge in [-0.15, -0.1) is 0 Å². The van der Waals surface area contributed by atoms with Crippen molar-refractivity contribution in [1.29, 1.82) is 0 Å². The van der Waals surface area contributed by atoms with E-state index in [9.17, 15) is 14.7 Å². The molecule has 29 heavy (non-hydrogen) atoms. The summed E-state index contributed by atoms with van der Waals surface area (Å²) in [5.74, 6) is 0.358. The Morgan fingerprint density at radius 3 is 2.59 bits per heavy atom. The molecule has 4 fully saturated rings. The number of aliphatic hydroxyl groups is 1. The summed E-state index contributed by atoms with van der Waals surface area (Å²) >= 11 is 0. The Bertz CT molecular complexity index is 799. The van der Waals surface area contributed by atoms with Gasteiger partial charge in [0.1, 0.15) is 12.2 Å². The predicted octanol–water partition coefficient (Wildman–Crippen LogP) is 3.58. The highest BCUT2D eigenvalue weighted by atomic mass is 16.7. The van der Waals surface area contributed by atoms with E-state index in [4.69, 9.17) is 9.47 Å². The molecule has 160 valence electrons. The van der Waals surface area contributed by atoms with Gasteiger partial charge in [-0.3, -0.25) is 9.59 Å². The molecule has 0 radical (unpaired) electrons. The standard InChI is InChI=1S/C24H34O5/c1-21(2)28-13-19(27)24(29-21)10-8-17-16-6-5-14-11-15(25)7-9-22(14,3)20(16)18(26)12-23(17,24)4/h11,16-18,20,26H,5-10,12-13H2,1-4H3/t16-,17-,18-,20+,22-,23-,24-/m0/s1. The second-order valence-electron chi connectivity index (χ2n) is 11.2. The van der Waals surface area contributed by atoms with Crippen molar-refractivity contribution in [1.82, 2.24) is 0 Å². The van der Waals surface area contributed by atoms with Crippen molar-refractivity contribution in [3.05, 3.63) is 11.6 Å². The molecule has 5 rings (SSSR count). The third kappa shape index (κ3) is 2.50. The Labute approximate surface area is 173 Å². The number of carbonyl (C=O) groups is 2. The predicted molar refractivity (Wildman–Crippen MR) is 107 cm³/mol. The average Bonchev–Trinajstić information content (AvgIpc) is 2.91. The van der Waals surface area contributed by atoms with Gasteiger partial charge in [-0.25, -0.2) is 0 Å². The van der Waals surface area contributed by atoms with Gasteiger partial charge >= 0.3 is 0 Å². The first-order valence-corrected chi connectivity index (χ1v) is 11.3. The summed E-state index contributed by atoms with van der Waals surface area (Å²) in [6.07, 6.45) is 6.96. The molecule has 0 aromatic heterocycles. The van der Waals surface area contributed by atoms with Crippen LogP contribution in [0.4, 0.5) is 0 Å². The molecule has 5 nitrogen and oxygen atoms in total. The number of fused-ring (bicyclic) bond motifs is 6. The van der Waals surface area contributed by atoms with Crippen LogP contribution in [0.15, 0.2) is 11.6 Å². The van der Waals surface area contributed by atoms with Crippen LogP contribution in [0.3, 0.4) is 0 Å². The SMILES string of the molecule is CC1(C)OCC(=O)[C@]2(CC[C@H]3[C@@H]4CCC5=CC(=O)CC[C@]5(C)[C@H]4[C@@H](O)C[C@@]32C)O1. The highest BCUT2D eigenvalue weighted by Crippen LogP contribution is 2.69. The first-order valence-electron chi connectivity index (χ1n) is 11.3. The molecule has 1 N–H and O–H groups in total. The van der Waals surface area contributed by atoms with Gasteiger partial charge in [0.25, 0.3) is 0 Å². The van der Waals surface area contributed by atoms with Crippen LogP contribution < -0.4 is 0 Å². The van der Waals surface area contributed by atoms with E-state index >= 15 is 0 Å². The van der Waals surface area contributed by atoms with Gasteiger partial charge in [-0.05, 0) is 81.6 Å². The maximum atomic E-state index is 13.2. The summed E-state index contributed by atoms with van der Waals surface area (Å²) in [4.78, 5) is 25.2. The summed E-state index contributed by atoms with van der Waals surface area (Å²) in [5.41, 5.74) is -0.101. The first-order chi connectivity index (χ1) is 13.5. The van der Waals surface area contributed by atoms with Crippen LogP contribution in [0.2, 0.25) is 0 Å². The van der Waals surface area contributed by atoms with Crippen molar-refractivity contribution in [3.8, 4) is 0 Å². The molecule has 0 amide bonds. The molecule has 0 aromatic rings. The van der Waals surface area contributed by atoms with Crippen LogP contribution in [-0.4, -0.2) is 40.8 Å². The van der Waals surface area contributed by atoms with Gasteiger partial charge in [0.2, 0.25) is 0 Å². The van der Waals surface area contributed by atoms with E-state index in [1.807, 2.05) is 19.9 Å². The van der Waals surface area contributed by atoms with Crippen LogP contribution in [0.5, 0.6) is 0 Å². The molecule has 0 aromatic carbocycles. The Morgan fingerprint density at radius 1 is 1.07 bits per heavy atom.